The number of carboxylic acids is 1. The first kappa shape index (κ1) is 11.4. The van der Waals surface area contributed by atoms with Crippen molar-refractivity contribution in [2.45, 2.75) is 18.9 Å². The Morgan fingerprint density at radius 2 is 2.00 bits per heavy atom. The number of quaternary nitrogens is 1. The standard InChI is InChI=1S/C8H18N2O2/c1-10(2,3)6-4-5-7(9)8(11)12/h7H,4-6,9H2,1-3H3/p+1/t7-/m1/s1. The van der Waals surface area contributed by atoms with Crippen LogP contribution in [0.5, 0.6) is 0 Å². The van der Waals surface area contributed by atoms with E-state index in [1.54, 1.807) is 0 Å². The molecule has 0 saturated carbocycles. The number of rotatable bonds is 5. The van der Waals surface area contributed by atoms with Crippen LogP contribution >= 0.6 is 0 Å². The second kappa shape index (κ2) is 4.42. The molecule has 0 saturated heterocycles. The van der Waals surface area contributed by atoms with E-state index in [0.717, 1.165) is 17.4 Å². The normalized spacial score (nSPS) is 14.3. The van der Waals surface area contributed by atoms with Crippen LogP contribution in [-0.2, 0) is 4.79 Å². The summed E-state index contributed by atoms with van der Waals surface area (Å²) in [5.41, 5.74) is 5.34. The Balaban J connectivity index is 3.51. The van der Waals surface area contributed by atoms with Crippen LogP contribution in [-0.4, -0.2) is 49.3 Å². The average molecular weight is 175 g/mol. The highest BCUT2D eigenvalue weighted by molar-refractivity contribution is 5.72. The van der Waals surface area contributed by atoms with E-state index in [1.807, 2.05) is 0 Å². The van der Waals surface area contributed by atoms with Crippen LogP contribution in [0, 0.1) is 0 Å². The van der Waals surface area contributed by atoms with Crippen LogP contribution in [0.25, 0.3) is 0 Å². The third kappa shape index (κ3) is 6.12. The van der Waals surface area contributed by atoms with E-state index in [9.17, 15) is 4.79 Å². The second-order valence-electron chi connectivity index (χ2n) is 4.10. The number of aliphatic carboxylic acids is 1. The van der Waals surface area contributed by atoms with Gasteiger partial charge in [-0.05, 0) is 12.8 Å². The lowest BCUT2D eigenvalue weighted by Gasteiger charge is -2.23. The molecule has 0 aromatic rings. The van der Waals surface area contributed by atoms with Gasteiger partial charge in [0.2, 0.25) is 0 Å². The Hall–Kier alpha value is -0.610. The van der Waals surface area contributed by atoms with Crippen molar-refractivity contribution >= 4 is 5.97 Å². The lowest BCUT2D eigenvalue weighted by Crippen LogP contribution is -2.37. The molecule has 0 aromatic carbocycles. The third-order valence-electron chi connectivity index (χ3n) is 1.66. The van der Waals surface area contributed by atoms with Gasteiger partial charge in [0, 0.05) is 0 Å². The summed E-state index contributed by atoms with van der Waals surface area (Å²) in [6, 6.07) is -0.698. The molecule has 0 rings (SSSR count). The zero-order valence-corrected chi connectivity index (χ0v) is 8.08. The van der Waals surface area contributed by atoms with E-state index >= 15 is 0 Å². The van der Waals surface area contributed by atoms with Crippen molar-refractivity contribution in [1.29, 1.82) is 0 Å². The van der Waals surface area contributed by atoms with Gasteiger partial charge in [-0.25, -0.2) is 0 Å². The zero-order chi connectivity index (χ0) is 9.78. The van der Waals surface area contributed by atoms with Crippen LogP contribution in [0.3, 0.4) is 0 Å². The Kier molecular flexibility index (Phi) is 4.20. The van der Waals surface area contributed by atoms with Crippen LogP contribution in [0.2, 0.25) is 0 Å². The molecule has 0 spiro atoms. The minimum Gasteiger partial charge on any atom is -0.480 e. The molecule has 0 aromatic heterocycles. The molecule has 72 valence electrons. The SMILES string of the molecule is C[N+](C)(C)CCC[C@@H](N)C(=O)O. The monoisotopic (exact) mass is 175 g/mol. The van der Waals surface area contributed by atoms with Gasteiger partial charge in [-0.15, -0.1) is 0 Å². The quantitative estimate of drug-likeness (QED) is 0.573. The van der Waals surface area contributed by atoms with Crippen molar-refractivity contribution in [3.63, 3.8) is 0 Å². The van der Waals surface area contributed by atoms with Gasteiger partial charge < -0.3 is 15.3 Å². The molecule has 12 heavy (non-hydrogen) atoms. The Morgan fingerprint density at radius 1 is 1.50 bits per heavy atom. The molecule has 1 atom stereocenters. The predicted octanol–water partition coefficient (Wildman–Crippen LogP) is -0.115. The maximum absolute atomic E-state index is 10.3. The van der Waals surface area contributed by atoms with Crippen molar-refractivity contribution in [2.24, 2.45) is 5.73 Å². The van der Waals surface area contributed by atoms with Gasteiger partial charge in [-0.3, -0.25) is 4.79 Å². The smallest absolute Gasteiger partial charge is 0.320 e. The zero-order valence-electron chi connectivity index (χ0n) is 8.08. The first-order chi connectivity index (χ1) is 5.33. The first-order valence-corrected chi connectivity index (χ1v) is 4.12. The highest BCUT2D eigenvalue weighted by atomic mass is 16.4. The highest BCUT2D eigenvalue weighted by Gasteiger charge is 2.13. The minimum atomic E-state index is -0.906. The molecular weight excluding hydrogens is 156 g/mol. The van der Waals surface area contributed by atoms with E-state index in [2.05, 4.69) is 21.1 Å². The number of nitrogens with zero attached hydrogens (tertiary/aromatic N) is 1. The van der Waals surface area contributed by atoms with Crippen molar-refractivity contribution in [3.8, 4) is 0 Å². The second-order valence-corrected chi connectivity index (χ2v) is 4.10. The fourth-order valence-electron chi connectivity index (χ4n) is 0.909. The molecule has 0 fully saturated rings. The van der Waals surface area contributed by atoms with Gasteiger partial charge in [0.25, 0.3) is 0 Å². The van der Waals surface area contributed by atoms with Crippen molar-refractivity contribution < 1.29 is 14.4 Å². The van der Waals surface area contributed by atoms with Crippen molar-refractivity contribution in [3.05, 3.63) is 0 Å². The van der Waals surface area contributed by atoms with E-state index in [0.29, 0.717) is 6.42 Å². The summed E-state index contributed by atoms with van der Waals surface area (Å²) < 4.78 is 0.854. The first-order valence-electron chi connectivity index (χ1n) is 4.12. The fourth-order valence-corrected chi connectivity index (χ4v) is 0.909. The van der Waals surface area contributed by atoms with Crippen LogP contribution in [0.1, 0.15) is 12.8 Å². The molecule has 3 N–H and O–H groups in total. The Labute approximate surface area is 73.6 Å². The molecule has 4 nitrogen and oxygen atoms in total. The van der Waals surface area contributed by atoms with Gasteiger partial charge in [0.15, 0.2) is 0 Å². The molecular formula is C8H19N2O2+. The largest absolute Gasteiger partial charge is 0.480 e. The molecule has 0 bridgehead atoms. The molecule has 0 aliphatic rings. The van der Waals surface area contributed by atoms with Gasteiger partial charge >= 0.3 is 5.97 Å². The Bertz CT molecular complexity index is 152. The number of carboxylic acid groups (broad SMARTS) is 1. The van der Waals surface area contributed by atoms with Crippen LogP contribution < -0.4 is 5.73 Å². The maximum Gasteiger partial charge on any atom is 0.320 e. The summed E-state index contributed by atoms with van der Waals surface area (Å²) in [4.78, 5) is 10.3. The van der Waals surface area contributed by atoms with E-state index in [1.165, 1.54) is 0 Å². The maximum atomic E-state index is 10.3. The minimum absolute atomic E-state index is 0.560. The van der Waals surface area contributed by atoms with Crippen LogP contribution in [0.15, 0.2) is 0 Å². The predicted molar refractivity (Wildman–Crippen MR) is 47.7 cm³/mol. The topological polar surface area (TPSA) is 63.3 Å². The van der Waals surface area contributed by atoms with Gasteiger partial charge in [0.1, 0.15) is 6.04 Å². The summed E-state index contributed by atoms with van der Waals surface area (Å²) in [5, 5.41) is 8.48. The molecule has 0 unspecified atom stereocenters. The van der Waals surface area contributed by atoms with Crippen molar-refractivity contribution in [2.75, 3.05) is 27.7 Å². The van der Waals surface area contributed by atoms with E-state index in [-0.39, 0.29) is 0 Å². The van der Waals surface area contributed by atoms with Crippen LogP contribution in [0.4, 0.5) is 0 Å². The number of carbonyl (C=O) groups is 1. The number of hydrogen-bond donors (Lipinski definition) is 2. The summed E-state index contributed by atoms with van der Waals surface area (Å²) in [6.45, 7) is 0.959. The molecule has 0 amide bonds. The number of hydrogen-bond acceptors (Lipinski definition) is 2. The molecule has 0 radical (unpaired) electrons. The molecule has 0 heterocycles. The molecule has 0 aliphatic heterocycles. The lowest BCUT2D eigenvalue weighted by molar-refractivity contribution is -0.870. The van der Waals surface area contributed by atoms with Gasteiger partial charge in [-0.1, -0.05) is 0 Å². The average Bonchev–Trinajstić information content (AvgIpc) is 1.84. The van der Waals surface area contributed by atoms with Gasteiger partial charge in [0.05, 0.1) is 27.7 Å². The van der Waals surface area contributed by atoms with E-state index < -0.39 is 12.0 Å². The summed E-state index contributed by atoms with van der Waals surface area (Å²) in [6.07, 6.45) is 1.42. The van der Waals surface area contributed by atoms with E-state index in [4.69, 9.17) is 10.8 Å². The Morgan fingerprint density at radius 3 is 2.33 bits per heavy atom. The summed E-state index contributed by atoms with van der Waals surface area (Å²) in [5.74, 6) is -0.906. The lowest BCUT2D eigenvalue weighted by atomic mass is 10.1. The number of nitrogens with two attached hydrogens (primary N) is 1. The molecule has 0 aliphatic carbocycles. The molecule has 4 heteroatoms. The van der Waals surface area contributed by atoms with Gasteiger partial charge in [-0.2, -0.15) is 0 Å². The summed E-state index contributed by atoms with van der Waals surface area (Å²) >= 11 is 0. The van der Waals surface area contributed by atoms with Crippen molar-refractivity contribution in [1.82, 2.24) is 0 Å². The highest BCUT2D eigenvalue weighted by Crippen LogP contribution is 1.99. The fraction of sp³-hybridized carbons (Fsp3) is 0.875. The summed E-state index contributed by atoms with van der Waals surface area (Å²) in [7, 11) is 6.23. The third-order valence-corrected chi connectivity index (χ3v) is 1.66.